The Balaban J connectivity index is 1.83. The van der Waals surface area contributed by atoms with Gasteiger partial charge in [-0.3, -0.25) is 0 Å². The first-order valence-electron chi connectivity index (χ1n) is 8.92. The van der Waals surface area contributed by atoms with Crippen LogP contribution < -0.4 is 0 Å². The SMILES string of the molecule is COC(=O)c1sccc1N=Nc1c(O)n(Cc2c(F)cccc2Cl)c2ccc(Br)cc12. The Hall–Kier alpha value is -2.75. The van der Waals surface area contributed by atoms with Crippen molar-refractivity contribution in [3.05, 3.63) is 73.6 Å². The number of carbonyl (C=O) groups is 1. The van der Waals surface area contributed by atoms with Crippen molar-refractivity contribution in [1.82, 2.24) is 4.57 Å². The monoisotopic (exact) mass is 521 g/mol. The van der Waals surface area contributed by atoms with E-state index >= 15 is 0 Å². The molecule has 0 bridgehead atoms. The van der Waals surface area contributed by atoms with E-state index in [4.69, 9.17) is 16.3 Å². The standard InChI is InChI=1S/C21H14BrClFN3O3S/c1-30-21(29)19-16(7-8-31-19)25-26-18-12-9-11(22)5-6-17(12)27(20(18)28)10-13-14(23)3-2-4-15(13)24/h2-9,28H,10H2,1H3. The van der Waals surface area contributed by atoms with Crippen molar-refractivity contribution in [2.24, 2.45) is 10.2 Å². The zero-order valence-electron chi connectivity index (χ0n) is 16.0. The molecule has 4 rings (SSSR count). The molecule has 6 nitrogen and oxygen atoms in total. The molecule has 0 saturated carbocycles. The Morgan fingerprint density at radius 2 is 2.10 bits per heavy atom. The van der Waals surface area contributed by atoms with Gasteiger partial charge in [-0.1, -0.05) is 33.6 Å². The summed E-state index contributed by atoms with van der Waals surface area (Å²) >= 11 is 10.8. The summed E-state index contributed by atoms with van der Waals surface area (Å²) in [5.41, 5.74) is 1.37. The van der Waals surface area contributed by atoms with Crippen LogP contribution in [0, 0.1) is 5.82 Å². The highest BCUT2D eigenvalue weighted by molar-refractivity contribution is 9.10. The van der Waals surface area contributed by atoms with Gasteiger partial charge in [0.1, 0.15) is 16.4 Å². The Bertz CT molecular complexity index is 1310. The smallest absolute Gasteiger partial charge is 0.350 e. The molecule has 158 valence electrons. The summed E-state index contributed by atoms with van der Waals surface area (Å²) in [7, 11) is 1.29. The number of thiophene rings is 1. The van der Waals surface area contributed by atoms with E-state index in [1.165, 1.54) is 35.1 Å². The second-order valence-electron chi connectivity index (χ2n) is 6.45. The van der Waals surface area contributed by atoms with Crippen molar-refractivity contribution in [2.75, 3.05) is 7.11 Å². The average Bonchev–Trinajstić information content (AvgIpc) is 3.31. The highest BCUT2D eigenvalue weighted by Gasteiger charge is 2.20. The lowest BCUT2D eigenvalue weighted by Gasteiger charge is -2.10. The predicted molar refractivity (Wildman–Crippen MR) is 122 cm³/mol. The number of nitrogens with zero attached hydrogens (tertiary/aromatic N) is 3. The molecule has 0 aliphatic heterocycles. The number of ether oxygens (including phenoxy) is 1. The van der Waals surface area contributed by atoms with E-state index in [1.54, 1.807) is 35.7 Å². The number of aromatic nitrogens is 1. The maximum Gasteiger partial charge on any atom is 0.350 e. The number of rotatable bonds is 5. The molecule has 0 radical (unpaired) electrons. The van der Waals surface area contributed by atoms with Crippen LogP contribution in [-0.2, 0) is 11.3 Å². The van der Waals surface area contributed by atoms with Crippen molar-refractivity contribution in [2.45, 2.75) is 6.54 Å². The minimum absolute atomic E-state index is 0.00312. The van der Waals surface area contributed by atoms with Crippen molar-refractivity contribution in [3.8, 4) is 5.88 Å². The minimum Gasteiger partial charge on any atom is -0.493 e. The van der Waals surface area contributed by atoms with Gasteiger partial charge in [0.25, 0.3) is 0 Å². The fourth-order valence-electron chi connectivity index (χ4n) is 3.13. The molecule has 0 spiro atoms. The molecule has 0 saturated heterocycles. The number of carbonyl (C=O) groups excluding carboxylic acids is 1. The molecule has 0 fully saturated rings. The van der Waals surface area contributed by atoms with Gasteiger partial charge in [0.05, 0.1) is 19.2 Å². The Kier molecular flexibility index (Phi) is 6.08. The number of benzene rings is 2. The molecule has 10 heteroatoms. The lowest BCUT2D eigenvalue weighted by Crippen LogP contribution is -2.02. The van der Waals surface area contributed by atoms with Gasteiger partial charge in [-0.25, -0.2) is 9.18 Å². The molecule has 2 aromatic carbocycles. The van der Waals surface area contributed by atoms with Crippen LogP contribution in [0.5, 0.6) is 5.88 Å². The summed E-state index contributed by atoms with van der Waals surface area (Å²) in [5.74, 6) is -1.20. The summed E-state index contributed by atoms with van der Waals surface area (Å²) in [6.07, 6.45) is 0. The fraction of sp³-hybridized carbons (Fsp3) is 0.0952. The average molecular weight is 523 g/mol. The van der Waals surface area contributed by atoms with E-state index < -0.39 is 11.8 Å². The van der Waals surface area contributed by atoms with Gasteiger partial charge in [-0.15, -0.1) is 21.6 Å². The molecule has 0 aliphatic carbocycles. The van der Waals surface area contributed by atoms with Crippen molar-refractivity contribution in [1.29, 1.82) is 0 Å². The predicted octanol–water partition coefficient (Wildman–Crippen LogP) is 7.21. The molecule has 0 aliphatic rings. The number of hydrogen-bond acceptors (Lipinski definition) is 6. The lowest BCUT2D eigenvalue weighted by atomic mass is 10.2. The van der Waals surface area contributed by atoms with Crippen molar-refractivity contribution >= 4 is 67.1 Å². The molecular weight excluding hydrogens is 509 g/mol. The molecule has 0 atom stereocenters. The van der Waals surface area contributed by atoms with Gasteiger partial charge >= 0.3 is 5.97 Å². The summed E-state index contributed by atoms with van der Waals surface area (Å²) in [5, 5.41) is 21.8. The van der Waals surface area contributed by atoms with Gasteiger partial charge in [-0.05, 0) is 41.8 Å². The number of methoxy groups -OCH3 is 1. The van der Waals surface area contributed by atoms with Gasteiger partial charge in [0.15, 0.2) is 5.69 Å². The first-order valence-corrected chi connectivity index (χ1v) is 11.0. The van der Waals surface area contributed by atoms with Crippen LogP contribution in [0.3, 0.4) is 0 Å². The molecule has 0 amide bonds. The summed E-state index contributed by atoms with van der Waals surface area (Å²) in [6, 6.07) is 11.4. The van der Waals surface area contributed by atoms with Crippen LogP contribution in [0.25, 0.3) is 10.9 Å². The van der Waals surface area contributed by atoms with Crippen molar-refractivity contribution in [3.63, 3.8) is 0 Å². The molecule has 31 heavy (non-hydrogen) atoms. The van der Waals surface area contributed by atoms with Crippen LogP contribution in [0.15, 0.2) is 62.5 Å². The molecule has 4 aromatic rings. The molecule has 1 N–H and O–H groups in total. The number of halogens is 3. The molecule has 2 aromatic heterocycles. The maximum atomic E-state index is 14.4. The summed E-state index contributed by atoms with van der Waals surface area (Å²) in [4.78, 5) is 12.2. The Morgan fingerprint density at radius 1 is 1.29 bits per heavy atom. The molecular formula is C21H14BrClFN3O3S. The van der Waals surface area contributed by atoms with E-state index in [0.29, 0.717) is 21.5 Å². The van der Waals surface area contributed by atoms with E-state index in [2.05, 4.69) is 26.2 Å². The second-order valence-corrected chi connectivity index (χ2v) is 8.69. The zero-order chi connectivity index (χ0) is 22.1. The van der Waals surface area contributed by atoms with Crippen LogP contribution in [0.4, 0.5) is 15.8 Å². The number of azo groups is 1. The van der Waals surface area contributed by atoms with Crippen molar-refractivity contribution < 1.29 is 19.0 Å². The van der Waals surface area contributed by atoms with Crippen LogP contribution >= 0.6 is 38.9 Å². The Labute approximate surface area is 193 Å². The van der Waals surface area contributed by atoms with Gasteiger partial charge in [0, 0.05) is 20.4 Å². The van der Waals surface area contributed by atoms with Crippen LogP contribution in [-0.4, -0.2) is 22.8 Å². The van der Waals surface area contributed by atoms with E-state index in [0.717, 1.165) is 4.47 Å². The topological polar surface area (TPSA) is 76.2 Å². The first kappa shape index (κ1) is 21.5. The lowest BCUT2D eigenvalue weighted by molar-refractivity contribution is 0.0607. The van der Waals surface area contributed by atoms with Gasteiger partial charge < -0.3 is 14.4 Å². The second kappa shape index (κ2) is 8.78. The number of aromatic hydroxyl groups is 1. The van der Waals surface area contributed by atoms with E-state index in [9.17, 15) is 14.3 Å². The Morgan fingerprint density at radius 3 is 2.84 bits per heavy atom. The number of fused-ring (bicyclic) bond motifs is 1. The third kappa shape index (κ3) is 4.08. The maximum absolute atomic E-state index is 14.4. The van der Waals surface area contributed by atoms with Gasteiger partial charge in [-0.2, -0.15) is 0 Å². The van der Waals surface area contributed by atoms with E-state index in [1.807, 2.05) is 0 Å². The summed E-state index contributed by atoms with van der Waals surface area (Å²) in [6.45, 7) is -0.00312. The third-order valence-corrected chi connectivity index (χ3v) is 6.35. The fourth-order valence-corrected chi connectivity index (χ4v) is 4.45. The number of hydrogen-bond donors (Lipinski definition) is 1. The first-order chi connectivity index (χ1) is 14.9. The number of esters is 1. The minimum atomic E-state index is -0.521. The quantitative estimate of drug-likeness (QED) is 0.222. The zero-order valence-corrected chi connectivity index (χ0v) is 19.1. The van der Waals surface area contributed by atoms with Crippen LogP contribution in [0.1, 0.15) is 15.2 Å². The van der Waals surface area contributed by atoms with E-state index in [-0.39, 0.29) is 28.7 Å². The summed E-state index contributed by atoms with van der Waals surface area (Å²) < 4.78 is 21.4. The third-order valence-electron chi connectivity index (χ3n) is 4.62. The highest BCUT2D eigenvalue weighted by Crippen LogP contribution is 2.42. The highest BCUT2D eigenvalue weighted by atomic mass is 79.9. The van der Waals surface area contributed by atoms with Crippen LogP contribution in [0.2, 0.25) is 5.02 Å². The molecule has 2 heterocycles. The largest absolute Gasteiger partial charge is 0.493 e. The molecule has 0 unspecified atom stereocenters. The van der Waals surface area contributed by atoms with Gasteiger partial charge in [0.2, 0.25) is 5.88 Å². The normalized spacial score (nSPS) is 11.5.